The lowest BCUT2D eigenvalue weighted by Gasteiger charge is -2.18. The van der Waals surface area contributed by atoms with Gasteiger partial charge in [0.25, 0.3) is 0 Å². The van der Waals surface area contributed by atoms with Gasteiger partial charge in [-0.15, -0.1) is 6.58 Å². The summed E-state index contributed by atoms with van der Waals surface area (Å²) in [5, 5.41) is 11.3. The largest absolute Gasteiger partial charge is 0.480 e. The van der Waals surface area contributed by atoms with Gasteiger partial charge >= 0.3 is 5.97 Å². The molecule has 1 amide bonds. The second kappa shape index (κ2) is 7.40. The summed E-state index contributed by atoms with van der Waals surface area (Å²) in [4.78, 5) is 23.9. The Bertz CT molecular complexity index is 517. The zero-order chi connectivity index (χ0) is 15.1. The fourth-order valence-electron chi connectivity index (χ4n) is 1.68. The van der Waals surface area contributed by atoms with Gasteiger partial charge in [-0.2, -0.15) is 0 Å². The molecule has 108 valence electrons. The zero-order valence-corrected chi connectivity index (χ0v) is 11.2. The zero-order valence-electron chi connectivity index (χ0n) is 11.2. The Morgan fingerprint density at radius 1 is 1.45 bits per heavy atom. The van der Waals surface area contributed by atoms with E-state index in [1.54, 1.807) is 13.0 Å². The molecule has 0 bridgehead atoms. The Morgan fingerprint density at radius 3 is 2.75 bits per heavy atom. The molecule has 0 saturated heterocycles. The van der Waals surface area contributed by atoms with Crippen LogP contribution < -0.4 is 5.32 Å². The number of carbonyl (C=O) groups is 2. The van der Waals surface area contributed by atoms with Crippen molar-refractivity contribution >= 4 is 17.6 Å². The predicted molar refractivity (Wildman–Crippen MR) is 74.0 cm³/mol. The fraction of sp³-hybridized carbons (Fsp3) is 0.286. The number of hydrogen-bond donors (Lipinski definition) is 2. The summed E-state index contributed by atoms with van der Waals surface area (Å²) < 4.78 is 13.1. The van der Waals surface area contributed by atoms with E-state index in [9.17, 15) is 14.0 Å². The molecule has 0 aliphatic rings. The van der Waals surface area contributed by atoms with E-state index in [-0.39, 0.29) is 19.6 Å². The van der Waals surface area contributed by atoms with Gasteiger partial charge in [-0.1, -0.05) is 12.1 Å². The molecule has 1 aromatic carbocycles. The van der Waals surface area contributed by atoms with Crippen molar-refractivity contribution in [2.24, 2.45) is 0 Å². The van der Waals surface area contributed by atoms with Crippen LogP contribution in [-0.2, 0) is 9.59 Å². The first kappa shape index (κ1) is 15.8. The number of aliphatic carboxylic acids is 1. The lowest BCUT2D eigenvalue weighted by atomic mass is 10.2. The summed E-state index contributed by atoms with van der Waals surface area (Å²) in [6, 6.07) is 4.09. The van der Waals surface area contributed by atoms with E-state index in [1.165, 1.54) is 23.1 Å². The summed E-state index contributed by atoms with van der Waals surface area (Å²) in [6.07, 6.45) is 1.52. The van der Waals surface area contributed by atoms with Gasteiger partial charge in [-0.05, 0) is 24.6 Å². The third-order valence-electron chi connectivity index (χ3n) is 2.59. The van der Waals surface area contributed by atoms with Crippen LogP contribution in [-0.4, -0.2) is 41.5 Å². The van der Waals surface area contributed by atoms with Crippen molar-refractivity contribution in [3.63, 3.8) is 0 Å². The van der Waals surface area contributed by atoms with E-state index in [0.29, 0.717) is 5.69 Å². The van der Waals surface area contributed by atoms with Crippen LogP contribution in [0.5, 0.6) is 0 Å². The molecule has 1 aromatic rings. The van der Waals surface area contributed by atoms with Crippen molar-refractivity contribution in [1.82, 2.24) is 4.90 Å². The van der Waals surface area contributed by atoms with Gasteiger partial charge in [0, 0.05) is 12.2 Å². The molecule has 0 aliphatic carbocycles. The van der Waals surface area contributed by atoms with Gasteiger partial charge in [0.05, 0.1) is 13.1 Å². The molecule has 0 radical (unpaired) electrons. The smallest absolute Gasteiger partial charge is 0.317 e. The van der Waals surface area contributed by atoms with Crippen LogP contribution >= 0.6 is 0 Å². The fourth-order valence-corrected chi connectivity index (χ4v) is 1.68. The Balaban J connectivity index is 2.67. The third kappa shape index (κ3) is 5.19. The van der Waals surface area contributed by atoms with E-state index < -0.39 is 17.7 Å². The van der Waals surface area contributed by atoms with Gasteiger partial charge in [0.15, 0.2) is 0 Å². The SMILES string of the molecule is C=CCN(CC(=O)O)CC(=O)Nc1cc(F)ccc1C. The van der Waals surface area contributed by atoms with E-state index >= 15 is 0 Å². The number of benzene rings is 1. The Hall–Kier alpha value is -2.21. The summed E-state index contributed by atoms with van der Waals surface area (Å²) in [5.74, 6) is -1.87. The van der Waals surface area contributed by atoms with Crippen molar-refractivity contribution in [1.29, 1.82) is 0 Å². The highest BCUT2D eigenvalue weighted by Crippen LogP contribution is 2.15. The Morgan fingerprint density at radius 2 is 2.15 bits per heavy atom. The minimum atomic E-state index is -1.03. The number of carboxylic acids is 1. The molecule has 20 heavy (non-hydrogen) atoms. The number of carbonyl (C=O) groups excluding carboxylic acids is 1. The number of hydrogen-bond acceptors (Lipinski definition) is 3. The van der Waals surface area contributed by atoms with E-state index in [2.05, 4.69) is 11.9 Å². The highest BCUT2D eigenvalue weighted by atomic mass is 19.1. The molecule has 2 N–H and O–H groups in total. The molecule has 0 atom stereocenters. The highest BCUT2D eigenvalue weighted by molar-refractivity contribution is 5.93. The average molecular weight is 280 g/mol. The minimum absolute atomic E-state index is 0.103. The topological polar surface area (TPSA) is 69.6 Å². The van der Waals surface area contributed by atoms with Crippen LogP contribution in [0.25, 0.3) is 0 Å². The van der Waals surface area contributed by atoms with E-state index in [4.69, 9.17) is 5.11 Å². The summed E-state index contributed by atoms with van der Waals surface area (Å²) >= 11 is 0. The average Bonchev–Trinajstić information content (AvgIpc) is 2.33. The van der Waals surface area contributed by atoms with Crippen molar-refractivity contribution in [3.05, 3.63) is 42.2 Å². The minimum Gasteiger partial charge on any atom is -0.480 e. The van der Waals surface area contributed by atoms with Crippen LogP contribution in [0.2, 0.25) is 0 Å². The maximum atomic E-state index is 13.1. The molecule has 0 spiro atoms. The van der Waals surface area contributed by atoms with E-state index in [0.717, 1.165) is 5.56 Å². The maximum Gasteiger partial charge on any atom is 0.317 e. The molecule has 0 heterocycles. The van der Waals surface area contributed by atoms with Gasteiger partial charge < -0.3 is 10.4 Å². The first-order chi connectivity index (χ1) is 9.42. The molecular weight excluding hydrogens is 263 g/mol. The molecule has 0 saturated carbocycles. The number of amides is 1. The highest BCUT2D eigenvalue weighted by Gasteiger charge is 2.13. The van der Waals surface area contributed by atoms with Gasteiger partial charge in [-0.3, -0.25) is 14.5 Å². The first-order valence-corrected chi connectivity index (χ1v) is 6.03. The van der Waals surface area contributed by atoms with Crippen LogP contribution in [0.15, 0.2) is 30.9 Å². The van der Waals surface area contributed by atoms with Crippen molar-refractivity contribution in [3.8, 4) is 0 Å². The molecule has 0 aromatic heterocycles. The van der Waals surface area contributed by atoms with Crippen LogP contribution in [0.3, 0.4) is 0 Å². The number of aryl methyl sites for hydroxylation is 1. The monoisotopic (exact) mass is 280 g/mol. The van der Waals surface area contributed by atoms with Gasteiger partial charge in [0.1, 0.15) is 5.82 Å². The normalized spacial score (nSPS) is 10.3. The van der Waals surface area contributed by atoms with Gasteiger partial charge in [-0.25, -0.2) is 4.39 Å². The number of halogens is 1. The van der Waals surface area contributed by atoms with Gasteiger partial charge in [0.2, 0.25) is 5.91 Å². The number of nitrogens with one attached hydrogen (secondary N) is 1. The number of rotatable bonds is 7. The van der Waals surface area contributed by atoms with E-state index in [1.807, 2.05) is 0 Å². The maximum absolute atomic E-state index is 13.1. The molecule has 6 heteroatoms. The predicted octanol–water partition coefficient (Wildman–Crippen LogP) is 1.65. The summed E-state index contributed by atoms with van der Waals surface area (Å²) in [6.45, 7) is 5.17. The second-order valence-electron chi connectivity index (χ2n) is 4.36. The van der Waals surface area contributed by atoms with Crippen molar-refractivity contribution in [2.75, 3.05) is 25.0 Å². The molecule has 1 rings (SSSR count). The number of carboxylic acid groups (broad SMARTS) is 1. The number of nitrogens with zero attached hydrogens (tertiary/aromatic N) is 1. The van der Waals surface area contributed by atoms with Crippen molar-refractivity contribution < 1.29 is 19.1 Å². The second-order valence-corrected chi connectivity index (χ2v) is 4.36. The summed E-state index contributed by atoms with van der Waals surface area (Å²) in [7, 11) is 0. The Labute approximate surface area is 116 Å². The first-order valence-electron chi connectivity index (χ1n) is 6.03. The molecule has 5 nitrogen and oxygen atoms in total. The van der Waals surface area contributed by atoms with Crippen LogP contribution in [0, 0.1) is 12.7 Å². The quantitative estimate of drug-likeness (QED) is 0.745. The Kier molecular flexibility index (Phi) is 5.86. The molecule has 0 unspecified atom stereocenters. The number of anilines is 1. The lowest BCUT2D eigenvalue weighted by molar-refractivity contribution is -0.138. The lowest BCUT2D eigenvalue weighted by Crippen LogP contribution is -2.37. The standard InChI is InChI=1S/C14H17FN2O3/c1-3-6-17(9-14(19)20)8-13(18)16-12-7-11(15)5-4-10(12)2/h3-5,7H,1,6,8-9H2,2H3,(H,16,18)(H,19,20). The van der Waals surface area contributed by atoms with Crippen LogP contribution in [0.4, 0.5) is 10.1 Å². The third-order valence-corrected chi connectivity index (χ3v) is 2.59. The molecule has 0 aliphatic heterocycles. The van der Waals surface area contributed by atoms with Crippen LogP contribution in [0.1, 0.15) is 5.56 Å². The molecule has 0 fully saturated rings. The summed E-state index contributed by atoms with van der Waals surface area (Å²) in [5.41, 5.74) is 1.11. The molecular formula is C14H17FN2O3. The van der Waals surface area contributed by atoms with Crippen molar-refractivity contribution in [2.45, 2.75) is 6.92 Å².